The van der Waals surface area contributed by atoms with Gasteiger partial charge in [-0.3, -0.25) is 4.79 Å². The van der Waals surface area contributed by atoms with Crippen LogP contribution in [0.2, 0.25) is 0 Å². The van der Waals surface area contributed by atoms with Crippen molar-refractivity contribution >= 4 is 17.8 Å². The van der Waals surface area contributed by atoms with E-state index in [0.717, 1.165) is 35.2 Å². The number of hydrogen-bond acceptors (Lipinski definition) is 5. The summed E-state index contributed by atoms with van der Waals surface area (Å²) in [5.74, 6) is 0.154. The summed E-state index contributed by atoms with van der Waals surface area (Å²) >= 11 is 0. The van der Waals surface area contributed by atoms with Gasteiger partial charge in [0.15, 0.2) is 18.1 Å². The monoisotopic (exact) mass is 485 g/mol. The number of rotatable bonds is 7. The van der Waals surface area contributed by atoms with Gasteiger partial charge >= 0.3 is 12.1 Å². The van der Waals surface area contributed by atoms with Crippen LogP contribution in [-0.2, 0) is 22.3 Å². The first kappa shape index (κ1) is 24.1. The van der Waals surface area contributed by atoms with Crippen molar-refractivity contribution in [2.24, 2.45) is 0 Å². The normalized spacial score (nSPS) is 12.8. The highest BCUT2D eigenvalue weighted by Gasteiger charge is 2.30. The molecule has 4 rings (SSSR count). The van der Waals surface area contributed by atoms with Crippen LogP contribution >= 0.6 is 0 Å². The largest absolute Gasteiger partial charge is 0.454 e. The second-order valence-corrected chi connectivity index (χ2v) is 8.05. The maximum atomic E-state index is 12.8. The second-order valence-electron chi connectivity index (χ2n) is 8.05. The van der Waals surface area contributed by atoms with Crippen molar-refractivity contribution in [3.05, 3.63) is 88.2 Å². The Kier molecular flexibility index (Phi) is 6.68. The molecular weight excluding hydrogens is 463 g/mol. The molecule has 0 saturated carbocycles. The number of benzene rings is 2. The Morgan fingerprint density at radius 3 is 2.60 bits per heavy atom. The minimum absolute atomic E-state index is 0.187. The van der Waals surface area contributed by atoms with E-state index in [0.29, 0.717) is 23.6 Å². The number of nitrogens with zero attached hydrogens (tertiary/aromatic N) is 1. The molecule has 1 aliphatic rings. The minimum atomic E-state index is -4.48. The van der Waals surface area contributed by atoms with Crippen LogP contribution in [0.1, 0.15) is 38.4 Å². The third-order valence-electron chi connectivity index (χ3n) is 5.62. The highest BCUT2D eigenvalue weighted by atomic mass is 19.4. The first-order valence-electron chi connectivity index (χ1n) is 10.7. The molecule has 0 unspecified atom stereocenters. The lowest BCUT2D eigenvalue weighted by molar-refractivity contribution is -0.138. The number of ether oxygens (including phenoxy) is 3. The number of aryl methyl sites for hydroxylation is 1. The van der Waals surface area contributed by atoms with Crippen molar-refractivity contribution in [2.45, 2.75) is 26.6 Å². The number of hydrogen-bond donors (Lipinski definition) is 0. The third kappa shape index (κ3) is 5.56. The fraction of sp³-hybridized carbons (Fsp3) is 0.231. The molecule has 0 spiro atoms. The summed E-state index contributed by atoms with van der Waals surface area (Å²) in [5.41, 5.74) is 2.36. The molecule has 0 atom stereocenters. The van der Waals surface area contributed by atoms with Gasteiger partial charge in [0.25, 0.3) is 0 Å². The summed E-state index contributed by atoms with van der Waals surface area (Å²) in [5, 5.41) is 0. The van der Waals surface area contributed by atoms with Crippen LogP contribution in [0.4, 0.5) is 13.2 Å². The zero-order chi connectivity index (χ0) is 25.2. The number of ketones is 1. The Labute approximate surface area is 199 Å². The summed E-state index contributed by atoms with van der Waals surface area (Å²) in [6.07, 6.45) is -2.28. The first-order chi connectivity index (χ1) is 16.6. The van der Waals surface area contributed by atoms with E-state index < -0.39 is 24.3 Å². The predicted octanol–water partition coefficient (Wildman–Crippen LogP) is 5.34. The highest BCUT2D eigenvalue weighted by molar-refractivity contribution is 6.00. The number of halogens is 3. The summed E-state index contributed by atoms with van der Waals surface area (Å²) in [6, 6.07) is 11.9. The van der Waals surface area contributed by atoms with Crippen molar-refractivity contribution in [1.29, 1.82) is 0 Å². The molecule has 9 heteroatoms. The number of fused-ring (bicyclic) bond motifs is 1. The van der Waals surface area contributed by atoms with E-state index in [1.54, 1.807) is 6.07 Å². The van der Waals surface area contributed by atoms with Gasteiger partial charge in [0.2, 0.25) is 12.6 Å². The molecule has 0 fully saturated rings. The van der Waals surface area contributed by atoms with Crippen LogP contribution in [0.25, 0.3) is 6.08 Å². The van der Waals surface area contributed by atoms with Gasteiger partial charge in [0.1, 0.15) is 0 Å². The lowest BCUT2D eigenvalue weighted by Crippen LogP contribution is -2.14. The SMILES string of the molecule is Cc1cc(C(=O)COC(=O)C=Cc2cccc(C(F)(F)F)c2)c(C)n1Cc1ccc2c(c1)OCO2. The summed E-state index contributed by atoms with van der Waals surface area (Å²) in [6.45, 7) is 3.90. The Balaban J connectivity index is 1.38. The molecule has 0 radical (unpaired) electrons. The van der Waals surface area contributed by atoms with Crippen LogP contribution < -0.4 is 9.47 Å². The van der Waals surface area contributed by atoms with Crippen LogP contribution in [0.5, 0.6) is 11.5 Å². The number of Topliss-reactive ketones (excluding diaryl/α,β-unsaturated/α-hetero) is 1. The van der Waals surface area contributed by atoms with Crippen LogP contribution in [-0.4, -0.2) is 29.7 Å². The third-order valence-corrected chi connectivity index (χ3v) is 5.62. The van der Waals surface area contributed by atoms with Crippen molar-refractivity contribution in [1.82, 2.24) is 4.57 Å². The van der Waals surface area contributed by atoms with Gasteiger partial charge in [-0.1, -0.05) is 18.2 Å². The summed E-state index contributed by atoms with van der Waals surface area (Å²) in [4.78, 5) is 24.7. The standard InChI is InChI=1S/C26H22F3NO5/c1-16-10-21(17(2)30(16)13-19-6-8-23-24(12-19)35-15-34-23)22(31)14-33-25(32)9-7-18-4-3-5-20(11-18)26(27,28)29/h3-12H,13-15H2,1-2H3. The Bertz CT molecular complexity index is 1310. The van der Waals surface area contributed by atoms with Crippen molar-refractivity contribution in [3.63, 3.8) is 0 Å². The van der Waals surface area contributed by atoms with Gasteiger partial charge in [-0.2, -0.15) is 13.2 Å². The lowest BCUT2D eigenvalue weighted by Gasteiger charge is -2.11. The van der Waals surface area contributed by atoms with Crippen LogP contribution in [0.3, 0.4) is 0 Å². The van der Waals surface area contributed by atoms with Gasteiger partial charge in [0, 0.05) is 29.6 Å². The van der Waals surface area contributed by atoms with E-state index >= 15 is 0 Å². The van der Waals surface area contributed by atoms with Gasteiger partial charge in [0.05, 0.1) is 5.56 Å². The summed E-state index contributed by atoms with van der Waals surface area (Å²) in [7, 11) is 0. The molecule has 1 aromatic heterocycles. The second kappa shape index (κ2) is 9.69. The summed E-state index contributed by atoms with van der Waals surface area (Å²) < 4.78 is 56.2. The first-order valence-corrected chi connectivity index (χ1v) is 10.7. The Hall–Kier alpha value is -4.01. The van der Waals surface area contributed by atoms with E-state index in [1.165, 1.54) is 18.2 Å². The Morgan fingerprint density at radius 1 is 1.06 bits per heavy atom. The molecule has 0 bridgehead atoms. The number of carbonyl (C=O) groups is 2. The highest BCUT2D eigenvalue weighted by Crippen LogP contribution is 2.33. The number of alkyl halides is 3. The predicted molar refractivity (Wildman–Crippen MR) is 121 cm³/mol. The Morgan fingerprint density at radius 2 is 1.83 bits per heavy atom. The molecule has 0 N–H and O–H groups in total. The fourth-order valence-corrected chi connectivity index (χ4v) is 3.79. The molecule has 3 aromatic rings. The zero-order valence-electron chi connectivity index (χ0n) is 19.0. The molecule has 0 amide bonds. The molecular formula is C26H22F3NO5. The number of aromatic nitrogens is 1. The quantitative estimate of drug-likeness (QED) is 0.257. The van der Waals surface area contributed by atoms with Crippen molar-refractivity contribution in [3.8, 4) is 11.5 Å². The van der Waals surface area contributed by atoms with Gasteiger partial charge in [-0.05, 0) is 61.4 Å². The average molecular weight is 485 g/mol. The smallest absolute Gasteiger partial charge is 0.416 e. The molecule has 35 heavy (non-hydrogen) atoms. The molecule has 1 aliphatic heterocycles. The number of esters is 1. The maximum absolute atomic E-state index is 12.8. The zero-order valence-corrected chi connectivity index (χ0v) is 19.0. The van der Waals surface area contributed by atoms with Gasteiger partial charge in [-0.15, -0.1) is 0 Å². The fourth-order valence-electron chi connectivity index (χ4n) is 3.79. The topological polar surface area (TPSA) is 66.8 Å². The van der Waals surface area contributed by atoms with Crippen LogP contribution in [0, 0.1) is 13.8 Å². The van der Waals surface area contributed by atoms with E-state index in [1.807, 2.05) is 36.6 Å². The maximum Gasteiger partial charge on any atom is 0.416 e. The lowest BCUT2D eigenvalue weighted by atomic mass is 10.1. The van der Waals surface area contributed by atoms with E-state index in [-0.39, 0.29) is 18.1 Å². The van der Waals surface area contributed by atoms with E-state index in [4.69, 9.17) is 14.2 Å². The minimum Gasteiger partial charge on any atom is -0.454 e. The molecule has 0 aliphatic carbocycles. The molecule has 6 nitrogen and oxygen atoms in total. The average Bonchev–Trinajstić information content (AvgIpc) is 3.40. The van der Waals surface area contributed by atoms with Crippen molar-refractivity contribution < 1.29 is 37.0 Å². The van der Waals surface area contributed by atoms with Crippen molar-refractivity contribution in [2.75, 3.05) is 13.4 Å². The van der Waals surface area contributed by atoms with E-state index in [2.05, 4.69) is 0 Å². The van der Waals surface area contributed by atoms with E-state index in [9.17, 15) is 22.8 Å². The molecule has 2 heterocycles. The molecule has 2 aromatic carbocycles. The van der Waals surface area contributed by atoms with Gasteiger partial charge < -0.3 is 18.8 Å². The molecule has 0 saturated heterocycles. The van der Waals surface area contributed by atoms with Crippen LogP contribution in [0.15, 0.2) is 54.6 Å². The number of carbonyl (C=O) groups excluding carboxylic acids is 2. The van der Waals surface area contributed by atoms with Gasteiger partial charge in [-0.25, -0.2) is 4.79 Å². The molecule has 182 valence electrons.